The van der Waals surface area contributed by atoms with E-state index in [9.17, 15) is 4.79 Å². The van der Waals surface area contributed by atoms with Crippen molar-refractivity contribution in [3.8, 4) is 10.6 Å². The van der Waals surface area contributed by atoms with E-state index in [0.29, 0.717) is 18.9 Å². The van der Waals surface area contributed by atoms with Gasteiger partial charge in [0.1, 0.15) is 5.01 Å². The molecule has 2 aromatic rings. The van der Waals surface area contributed by atoms with E-state index in [0.717, 1.165) is 29.2 Å². The van der Waals surface area contributed by atoms with Gasteiger partial charge in [-0.2, -0.15) is 0 Å². The molecule has 3 rings (SSSR count). The maximum Gasteiger partial charge on any atom is 0.309 e. The topological polar surface area (TPSA) is 68.7 Å². The number of ether oxygens (including phenoxy) is 2. The summed E-state index contributed by atoms with van der Waals surface area (Å²) in [6.07, 6.45) is 1.09. The molecule has 22 heavy (non-hydrogen) atoms. The van der Waals surface area contributed by atoms with Crippen LogP contribution >= 0.6 is 11.3 Å². The Hall–Kier alpha value is -1.76. The minimum absolute atomic E-state index is 0.0407. The number of carboxylic acids is 1. The van der Waals surface area contributed by atoms with Crippen LogP contribution in [-0.2, 0) is 27.3 Å². The van der Waals surface area contributed by atoms with Crippen molar-refractivity contribution in [1.29, 1.82) is 0 Å². The molecule has 0 amide bonds. The highest BCUT2D eigenvalue weighted by atomic mass is 32.1. The second-order valence-corrected chi connectivity index (χ2v) is 6.07. The Labute approximate surface area is 132 Å². The van der Waals surface area contributed by atoms with Crippen LogP contribution in [0.15, 0.2) is 29.6 Å². The van der Waals surface area contributed by atoms with Gasteiger partial charge in [0.2, 0.25) is 0 Å². The average molecular weight is 319 g/mol. The zero-order valence-electron chi connectivity index (χ0n) is 12.0. The van der Waals surface area contributed by atoms with Crippen LogP contribution in [0.5, 0.6) is 0 Å². The fraction of sp³-hybridized carbons (Fsp3) is 0.375. The normalized spacial score (nSPS) is 17.7. The van der Waals surface area contributed by atoms with Gasteiger partial charge in [-0.1, -0.05) is 18.2 Å². The summed E-state index contributed by atoms with van der Waals surface area (Å²) < 4.78 is 11.1. The first-order valence-corrected chi connectivity index (χ1v) is 8.03. The number of aromatic nitrogens is 1. The van der Waals surface area contributed by atoms with Gasteiger partial charge in [-0.25, -0.2) is 4.98 Å². The van der Waals surface area contributed by atoms with E-state index in [2.05, 4.69) is 4.98 Å². The minimum atomic E-state index is -0.863. The summed E-state index contributed by atoms with van der Waals surface area (Å²) in [6, 6.07) is 8.01. The number of carboxylic acid groups (broad SMARTS) is 1. The van der Waals surface area contributed by atoms with Crippen molar-refractivity contribution in [3.05, 3.63) is 40.9 Å². The Morgan fingerprint density at radius 3 is 3.18 bits per heavy atom. The van der Waals surface area contributed by atoms with Gasteiger partial charge in [0, 0.05) is 17.6 Å². The molecule has 6 heteroatoms. The molecule has 0 bridgehead atoms. The number of thiazole rings is 1. The van der Waals surface area contributed by atoms with Crippen LogP contribution in [0, 0.1) is 0 Å². The van der Waals surface area contributed by atoms with Gasteiger partial charge in [-0.15, -0.1) is 11.3 Å². The summed E-state index contributed by atoms with van der Waals surface area (Å²) in [5, 5.41) is 11.4. The maximum atomic E-state index is 10.7. The molecule has 1 N–H and O–H groups in total. The third-order valence-corrected chi connectivity index (χ3v) is 4.37. The Kier molecular flexibility index (Phi) is 4.82. The number of aliphatic carboxylic acids is 1. The van der Waals surface area contributed by atoms with E-state index in [1.165, 1.54) is 11.3 Å². The van der Waals surface area contributed by atoms with Crippen LogP contribution in [0.4, 0.5) is 0 Å². The lowest BCUT2D eigenvalue weighted by Gasteiger charge is -2.10. The largest absolute Gasteiger partial charge is 0.481 e. The Morgan fingerprint density at radius 1 is 1.50 bits per heavy atom. The monoisotopic (exact) mass is 319 g/mol. The van der Waals surface area contributed by atoms with Crippen LogP contribution in [-0.4, -0.2) is 35.4 Å². The van der Waals surface area contributed by atoms with Crippen molar-refractivity contribution in [1.82, 2.24) is 4.98 Å². The van der Waals surface area contributed by atoms with Crippen molar-refractivity contribution in [3.63, 3.8) is 0 Å². The number of hydrogen-bond donors (Lipinski definition) is 1. The highest BCUT2D eigenvalue weighted by Gasteiger charge is 2.16. The predicted molar refractivity (Wildman–Crippen MR) is 82.9 cm³/mol. The predicted octanol–water partition coefficient (Wildman–Crippen LogP) is 2.74. The van der Waals surface area contributed by atoms with Crippen molar-refractivity contribution >= 4 is 17.3 Å². The molecule has 116 valence electrons. The lowest BCUT2D eigenvalue weighted by molar-refractivity contribution is -0.136. The molecule has 2 heterocycles. The summed E-state index contributed by atoms with van der Waals surface area (Å²) in [5.41, 5.74) is 2.67. The van der Waals surface area contributed by atoms with E-state index in [-0.39, 0.29) is 12.5 Å². The van der Waals surface area contributed by atoms with Gasteiger partial charge in [-0.05, 0) is 18.1 Å². The van der Waals surface area contributed by atoms with Gasteiger partial charge in [0.25, 0.3) is 0 Å². The summed E-state index contributed by atoms with van der Waals surface area (Å²) in [6.45, 7) is 2.00. The van der Waals surface area contributed by atoms with E-state index in [4.69, 9.17) is 14.6 Å². The number of rotatable bonds is 6. The van der Waals surface area contributed by atoms with Gasteiger partial charge in [-0.3, -0.25) is 4.79 Å². The molecular formula is C16H17NO4S. The van der Waals surface area contributed by atoms with E-state index in [1.807, 2.05) is 24.3 Å². The molecule has 1 atom stereocenters. The molecule has 1 saturated heterocycles. The third-order valence-electron chi connectivity index (χ3n) is 3.43. The molecule has 0 saturated carbocycles. The Morgan fingerprint density at radius 2 is 2.41 bits per heavy atom. The fourth-order valence-electron chi connectivity index (χ4n) is 2.33. The summed E-state index contributed by atoms with van der Waals surface area (Å²) in [4.78, 5) is 15.1. The van der Waals surface area contributed by atoms with Crippen molar-refractivity contribution in [2.75, 3.05) is 13.2 Å². The Bertz CT molecular complexity index is 649. The highest BCUT2D eigenvalue weighted by molar-refractivity contribution is 7.13. The summed E-state index contributed by atoms with van der Waals surface area (Å²) in [5.74, 6) is -0.863. The molecule has 0 radical (unpaired) electrons. The van der Waals surface area contributed by atoms with Gasteiger partial charge in [0.05, 0.1) is 31.4 Å². The minimum Gasteiger partial charge on any atom is -0.481 e. The molecule has 1 aliphatic heterocycles. The molecule has 1 aromatic heterocycles. The zero-order valence-corrected chi connectivity index (χ0v) is 12.8. The maximum absolute atomic E-state index is 10.7. The quantitative estimate of drug-likeness (QED) is 0.886. The third kappa shape index (κ3) is 3.91. The standard InChI is InChI=1S/C16H17NO4S/c18-15(19)7-13-10-22-16(17-13)12-3-1-2-11(6-12)8-21-14-4-5-20-9-14/h1-3,6,10,14H,4-5,7-9H2,(H,18,19). The first-order chi connectivity index (χ1) is 10.7. The second-order valence-electron chi connectivity index (χ2n) is 5.21. The molecular weight excluding hydrogens is 302 g/mol. The van der Waals surface area contributed by atoms with Gasteiger partial charge >= 0.3 is 5.97 Å². The van der Waals surface area contributed by atoms with E-state index < -0.39 is 5.97 Å². The SMILES string of the molecule is O=C(O)Cc1csc(-c2cccc(COC3CCOC3)c2)n1. The Balaban J connectivity index is 1.67. The van der Waals surface area contributed by atoms with Crippen molar-refractivity contribution in [2.24, 2.45) is 0 Å². The van der Waals surface area contributed by atoms with E-state index >= 15 is 0 Å². The van der Waals surface area contributed by atoms with Crippen LogP contribution in [0.2, 0.25) is 0 Å². The average Bonchev–Trinajstić information content (AvgIpc) is 3.16. The fourth-order valence-corrected chi connectivity index (χ4v) is 3.14. The molecule has 0 aliphatic carbocycles. The van der Waals surface area contributed by atoms with Crippen LogP contribution in [0.25, 0.3) is 10.6 Å². The smallest absolute Gasteiger partial charge is 0.309 e. The molecule has 1 unspecified atom stereocenters. The highest BCUT2D eigenvalue weighted by Crippen LogP contribution is 2.25. The lowest BCUT2D eigenvalue weighted by Crippen LogP contribution is -2.11. The summed E-state index contributed by atoms with van der Waals surface area (Å²) in [7, 11) is 0. The molecule has 5 nitrogen and oxygen atoms in total. The summed E-state index contributed by atoms with van der Waals surface area (Å²) >= 11 is 1.46. The zero-order chi connectivity index (χ0) is 15.4. The first kappa shape index (κ1) is 15.1. The van der Waals surface area contributed by atoms with E-state index in [1.54, 1.807) is 5.38 Å². The van der Waals surface area contributed by atoms with Crippen molar-refractivity contribution in [2.45, 2.75) is 25.6 Å². The molecule has 1 aliphatic rings. The van der Waals surface area contributed by atoms with Crippen LogP contribution in [0.3, 0.4) is 0 Å². The van der Waals surface area contributed by atoms with Gasteiger partial charge < -0.3 is 14.6 Å². The lowest BCUT2D eigenvalue weighted by atomic mass is 10.1. The number of carbonyl (C=O) groups is 1. The number of benzene rings is 1. The van der Waals surface area contributed by atoms with Crippen LogP contribution < -0.4 is 0 Å². The van der Waals surface area contributed by atoms with Crippen molar-refractivity contribution < 1.29 is 19.4 Å². The van der Waals surface area contributed by atoms with Crippen LogP contribution in [0.1, 0.15) is 17.7 Å². The molecule has 1 aromatic carbocycles. The van der Waals surface area contributed by atoms with Gasteiger partial charge in [0.15, 0.2) is 0 Å². The number of nitrogens with zero attached hydrogens (tertiary/aromatic N) is 1. The first-order valence-electron chi connectivity index (χ1n) is 7.15. The molecule has 0 spiro atoms. The second kappa shape index (κ2) is 7.00. The molecule has 1 fully saturated rings. The number of hydrogen-bond acceptors (Lipinski definition) is 5.